The quantitative estimate of drug-likeness (QED) is 0.919. The average Bonchev–Trinajstić information content (AvgIpc) is 2.92. The Kier molecular flexibility index (Phi) is 3.16. The molecule has 2 aromatic rings. The molecule has 0 spiro atoms. The van der Waals surface area contributed by atoms with Crippen molar-refractivity contribution in [2.24, 2.45) is 0 Å². The van der Waals surface area contributed by atoms with Crippen molar-refractivity contribution in [3.05, 3.63) is 18.0 Å². The minimum atomic E-state index is -0.170. The highest BCUT2D eigenvalue weighted by molar-refractivity contribution is 5.45. The van der Waals surface area contributed by atoms with Gasteiger partial charge in [0.2, 0.25) is 0 Å². The van der Waals surface area contributed by atoms with Crippen molar-refractivity contribution in [3.8, 4) is 0 Å². The summed E-state index contributed by atoms with van der Waals surface area (Å²) in [6.45, 7) is 11.3. The summed E-state index contributed by atoms with van der Waals surface area (Å²) in [5, 5.41) is 16.6. The van der Waals surface area contributed by atoms with E-state index in [9.17, 15) is 0 Å². The highest BCUT2D eigenvalue weighted by Crippen LogP contribution is 2.28. The lowest BCUT2D eigenvalue weighted by Crippen LogP contribution is -2.38. The molecular formula is C15H23N5O. The van der Waals surface area contributed by atoms with Gasteiger partial charge in [0, 0.05) is 12.0 Å². The van der Waals surface area contributed by atoms with Gasteiger partial charge in [-0.25, -0.2) is 0 Å². The Hall–Kier alpha value is -1.69. The standard InChI is InChI=1S/C15H23N5O/c1-14(2,3)13-18-17-12-7-6-11(19-20(12)13)16-10-8-9-21-15(10,4)5/h6-7,10H,8-9H2,1-5H3,(H,16,19). The van der Waals surface area contributed by atoms with E-state index in [-0.39, 0.29) is 17.1 Å². The number of ether oxygens (including phenoxy) is 1. The minimum absolute atomic E-state index is 0.0964. The number of nitrogens with one attached hydrogen (secondary N) is 1. The van der Waals surface area contributed by atoms with Crippen molar-refractivity contribution in [2.75, 3.05) is 11.9 Å². The largest absolute Gasteiger partial charge is 0.373 e. The van der Waals surface area contributed by atoms with Crippen LogP contribution in [0.5, 0.6) is 0 Å². The summed E-state index contributed by atoms with van der Waals surface area (Å²) in [6.07, 6.45) is 0.987. The fourth-order valence-corrected chi connectivity index (χ4v) is 2.65. The van der Waals surface area contributed by atoms with E-state index in [0.717, 1.165) is 30.3 Å². The number of hydrogen-bond donors (Lipinski definition) is 1. The highest BCUT2D eigenvalue weighted by atomic mass is 16.5. The van der Waals surface area contributed by atoms with Crippen molar-refractivity contribution >= 4 is 11.5 Å². The Morgan fingerprint density at radius 2 is 2.05 bits per heavy atom. The molecule has 1 atom stereocenters. The van der Waals surface area contributed by atoms with Crippen molar-refractivity contribution in [1.29, 1.82) is 0 Å². The predicted molar refractivity (Wildman–Crippen MR) is 81.5 cm³/mol. The molecule has 0 radical (unpaired) electrons. The summed E-state index contributed by atoms with van der Waals surface area (Å²) in [5.74, 6) is 1.69. The molecule has 3 rings (SSSR count). The number of aromatic nitrogens is 4. The van der Waals surface area contributed by atoms with Crippen LogP contribution < -0.4 is 5.32 Å². The maximum Gasteiger partial charge on any atom is 0.178 e. The zero-order chi connectivity index (χ0) is 15.3. The Balaban J connectivity index is 1.94. The molecule has 0 aliphatic carbocycles. The smallest absolute Gasteiger partial charge is 0.178 e. The van der Waals surface area contributed by atoms with Crippen LogP contribution >= 0.6 is 0 Å². The molecule has 114 valence electrons. The van der Waals surface area contributed by atoms with E-state index in [1.807, 2.05) is 16.6 Å². The Morgan fingerprint density at radius 1 is 1.29 bits per heavy atom. The molecule has 0 aromatic carbocycles. The van der Waals surface area contributed by atoms with Gasteiger partial charge in [0.1, 0.15) is 5.82 Å². The topological polar surface area (TPSA) is 64.3 Å². The monoisotopic (exact) mass is 289 g/mol. The van der Waals surface area contributed by atoms with Gasteiger partial charge < -0.3 is 10.1 Å². The summed E-state index contributed by atoms with van der Waals surface area (Å²) >= 11 is 0. The van der Waals surface area contributed by atoms with Crippen LogP contribution in [0.25, 0.3) is 5.65 Å². The van der Waals surface area contributed by atoms with Crippen LogP contribution in [0.4, 0.5) is 5.82 Å². The second-order valence-electron chi connectivity index (χ2n) is 7.20. The van der Waals surface area contributed by atoms with Crippen molar-refractivity contribution < 1.29 is 4.74 Å². The van der Waals surface area contributed by atoms with E-state index in [4.69, 9.17) is 4.74 Å². The highest BCUT2D eigenvalue weighted by Gasteiger charge is 2.36. The second kappa shape index (κ2) is 4.66. The summed E-state index contributed by atoms with van der Waals surface area (Å²) in [7, 11) is 0. The van der Waals surface area contributed by atoms with E-state index in [0.29, 0.717) is 0 Å². The molecule has 1 saturated heterocycles. The SMILES string of the molecule is CC(C)(C)c1nnc2ccc(NC3CCOC3(C)C)nn12. The van der Waals surface area contributed by atoms with Gasteiger partial charge >= 0.3 is 0 Å². The summed E-state index contributed by atoms with van der Waals surface area (Å²) in [5.41, 5.74) is 0.504. The third kappa shape index (κ3) is 2.60. The molecule has 6 nitrogen and oxygen atoms in total. The lowest BCUT2D eigenvalue weighted by Gasteiger charge is -2.27. The molecular weight excluding hydrogens is 266 g/mol. The van der Waals surface area contributed by atoms with Crippen LogP contribution in [0.15, 0.2) is 12.1 Å². The van der Waals surface area contributed by atoms with Gasteiger partial charge in [-0.3, -0.25) is 0 Å². The molecule has 0 saturated carbocycles. The van der Waals surface area contributed by atoms with Crippen molar-refractivity contribution in [2.45, 2.75) is 58.1 Å². The first-order chi connectivity index (χ1) is 9.77. The van der Waals surface area contributed by atoms with Gasteiger partial charge in [0.15, 0.2) is 11.5 Å². The van der Waals surface area contributed by atoms with E-state index >= 15 is 0 Å². The first kappa shape index (κ1) is 14.3. The zero-order valence-corrected chi connectivity index (χ0v) is 13.3. The molecule has 0 bridgehead atoms. The van der Waals surface area contributed by atoms with Gasteiger partial charge in [-0.1, -0.05) is 20.8 Å². The van der Waals surface area contributed by atoms with Crippen LogP contribution in [-0.2, 0) is 10.2 Å². The Morgan fingerprint density at radius 3 is 2.67 bits per heavy atom. The third-order valence-corrected chi connectivity index (χ3v) is 3.98. The van der Waals surface area contributed by atoms with Gasteiger partial charge in [0.05, 0.1) is 11.6 Å². The summed E-state index contributed by atoms with van der Waals surface area (Å²) in [6, 6.07) is 4.16. The molecule has 0 amide bonds. The van der Waals surface area contributed by atoms with E-state index in [1.54, 1.807) is 0 Å². The van der Waals surface area contributed by atoms with E-state index in [2.05, 4.69) is 55.2 Å². The second-order valence-corrected chi connectivity index (χ2v) is 7.20. The number of nitrogens with zero attached hydrogens (tertiary/aromatic N) is 4. The van der Waals surface area contributed by atoms with Crippen LogP contribution in [0.2, 0.25) is 0 Å². The third-order valence-electron chi connectivity index (χ3n) is 3.98. The van der Waals surface area contributed by atoms with Gasteiger partial charge in [-0.15, -0.1) is 15.3 Å². The first-order valence-corrected chi connectivity index (χ1v) is 7.41. The molecule has 3 heterocycles. The van der Waals surface area contributed by atoms with Crippen molar-refractivity contribution in [3.63, 3.8) is 0 Å². The summed E-state index contributed by atoms with van der Waals surface area (Å²) < 4.78 is 7.58. The number of hydrogen-bond acceptors (Lipinski definition) is 5. The predicted octanol–water partition coefficient (Wildman–Crippen LogP) is 2.40. The van der Waals surface area contributed by atoms with Crippen molar-refractivity contribution in [1.82, 2.24) is 19.8 Å². The molecule has 1 fully saturated rings. The van der Waals surface area contributed by atoms with Crippen LogP contribution in [0.3, 0.4) is 0 Å². The van der Waals surface area contributed by atoms with E-state index in [1.165, 1.54) is 0 Å². The fraction of sp³-hybridized carbons (Fsp3) is 0.667. The lowest BCUT2D eigenvalue weighted by molar-refractivity contribution is 0.0314. The molecule has 6 heteroatoms. The first-order valence-electron chi connectivity index (χ1n) is 7.41. The Bertz CT molecular complexity index is 656. The fourth-order valence-electron chi connectivity index (χ4n) is 2.65. The number of anilines is 1. The van der Waals surface area contributed by atoms with Gasteiger partial charge in [-0.05, 0) is 32.4 Å². The number of rotatable bonds is 2. The lowest BCUT2D eigenvalue weighted by atomic mass is 9.96. The van der Waals surface area contributed by atoms with Gasteiger partial charge in [-0.2, -0.15) is 4.52 Å². The van der Waals surface area contributed by atoms with E-state index < -0.39 is 0 Å². The van der Waals surface area contributed by atoms with Crippen LogP contribution in [-0.4, -0.2) is 38.1 Å². The maximum absolute atomic E-state index is 5.75. The normalized spacial score (nSPS) is 21.9. The minimum Gasteiger partial charge on any atom is -0.373 e. The molecule has 1 aliphatic rings. The molecule has 1 unspecified atom stereocenters. The average molecular weight is 289 g/mol. The molecule has 1 aliphatic heterocycles. The maximum atomic E-state index is 5.75. The van der Waals surface area contributed by atoms with Gasteiger partial charge in [0.25, 0.3) is 0 Å². The van der Waals surface area contributed by atoms with Crippen LogP contribution in [0, 0.1) is 0 Å². The molecule has 1 N–H and O–H groups in total. The Labute approximate surface area is 124 Å². The molecule has 2 aromatic heterocycles. The van der Waals surface area contributed by atoms with Crippen LogP contribution in [0.1, 0.15) is 46.9 Å². The zero-order valence-electron chi connectivity index (χ0n) is 13.3. The summed E-state index contributed by atoms with van der Waals surface area (Å²) in [4.78, 5) is 0. The number of fused-ring (bicyclic) bond motifs is 1. The molecule has 21 heavy (non-hydrogen) atoms.